The second kappa shape index (κ2) is 6.22. The van der Waals surface area contributed by atoms with Crippen LogP contribution in [0.5, 0.6) is 5.75 Å². The molecule has 0 radical (unpaired) electrons. The molecule has 0 spiro atoms. The minimum Gasteiger partial charge on any atom is -0.489 e. The van der Waals surface area contributed by atoms with Crippen LogP contribution in [0.25, 0.3) is 0 Å². The smallest absolute Gasteiger partial charge is 0.119 e. The Morgan fingerprint density at radius 3 is 2.11 bits per heavy atom. The van der Waals surface area contributed by atoms with Crippen LogP contribution in [0, 0.1) is 0 Å². The number of benzene rings is 2. The maximum Gasteiger partial charge on any atom is 0.119 e. The number of ether oxygens (including phenoxy) is 1. The van der Waals surface area contributed by atoms with Gasteiger partial charge in [0.15, 0.2) is 0 Å². The third kappa shape index (κ3) is 3.90. The second-order valence-electron chi connectivity index (χ2n) is 4.66. The molecule has 0 saturated carbocycles. The molecule has 0 amide bonds. The molecule has 0 heterocycles. The Labute approximate surface area is 109 Å². The summed E-state index contributed by atoms with van der Waals surface area (Å²) in [6, 6.07) is 18.5. The van der Waals surface area contributed by atoms with Crippen LogP contribution in [0.3, 0.4) is 0 Å². The molecule has 94 valence electrons. The SMILES string of the molecule is CN(C)Cc1ccc(OCc2ccccc2)cc1. The fourth-order valence-electron chi connectivity index (χ4n) is 1.80. The first kappa shape index (κ1) is 12.7. The molecule has 2 aromatic rings. The number of nitrogens with zero attached hydrogens (tertiary/aromatic N) is 1. The molecule has 2 nitrogen and oxygen atoms in total. The standard InChI is InChI=1S/C16H19NO/c1-17(2)12-14-8-10-16(11-9-14)18-13-15-6-4-3-5-7-15/h3-11H,12-13H2,1-2H3. The van der Waals surface area contributed by atoms with Crippen LogP contribution in [0.15, 0.2) is 54.6 Å². The van der Waals surface area contributed by atoms with Crippen LogP contribution in [-0.4, -0.2) is 19.0 Å². The molecule has 0 fully saturated rings. The molecule has 0 aliphatic carbocycles. The van der Waals surface area contributed by atoms with Crippen LogP contribution < -0.4 is 4.74 Å². The maximum absolute atomic E-state index is 5.74. The predicted molar refractivity (Wildman–Crippen MR) is 74.6 cm³/mol. The molecule has 2 aromatic carbocycles. The zero-order chi connectivity index (χ0) is 12.8. The Hall–Kier alpha value is -1.80. The Kier molecular flexibility index (Phi) is 4.37. The summed E-state index contributed by atoms with van der Waals surface area (Å²) in [5.74, 6) is 0.918. The fourth-order valence-corrected chi connectivity index (χ4v) is 1.80. The highest BCUT2D eigenvalue weighted by atomic mass is 16.5. The van der Waals surface area contributed by atoms with Gasteiger partial charge in [0.05, 0.1) is 0 Å². The summed E-state index contributed by atoms with van der Waals surface area (Å²) in [5.41, 5.74) is 2.49. The van der Waals surface area contributed by atoms with Crippen molar-refractivity contribution in [2.45, 2.75) is 13.2 Å². The second-order valence-corrected chi connectivity index (χ2v) is 4.66. The van der Waals surface area contributed by atoms with Crippen molar-refractivity contribution in [3.8, 4) is 5.75 Å². The van der Waals surface area contributed by atoms with Gasteiger partial charge in [0.25, 0.3) is 0 Å². The van der Waals surface area contributed by atoms with Gasteiger partial charge < -0.3 is 9.64 Å². The summed E-state index contributed by atoms with van der Waals surface area (Å²) in [5, 5.41) is 0. The summed E-state index contributed by atoms with van der Waals surface area (Å²) in [7, 11) is 4.14. The van der Waals surface area contributed by atoms with Gasteiger partial charge in [-0.15, -0.1) is 0 Å². The van der Waals surface area contributed by atoms with Crippen molar-refractivity contribution >= 4 is 0 Å². The quantitative estimate of drug-likeness (QED) is 0.796. The molecule has 18 heavy (non-hydrogen) atoms. The van der Waals surface area contributed by atoms with Crippen molar-refractivity contribution in [3.05, 3.63) is 65.7 Å². The molecule has 0 N–H and O–H groups in total. The van der Waals surface area contributed by atoms with Crippen LogP contribution >= 0.6 is 0 Å². The van der Waals surface area contributed by atoms with Crippen molar-refractivity contribution in [2.75, 3.05) is 14.1 Å². The van der Waals surface area contributed by atoms with Gasteiger partial charge in [-0.25, -0.2) is 0 Å². The predicted octanol–water partition coefficient (Wildman–Crippen LogP) is 3.33. The van der Waals surface area contributed by atoms with Crippen LogP contribution in [0.1, 0.15) is 11.1 Å². The lowest BCUT2D eigenvalue weighted by molar-refractivity contribution is 0.306. The van der Waals surface area contributed by atoms with Crippen molar-refractivity contribution in [1.29, 1.82) is 0 Å². The van der Waals surface area contributed by atoms with Gasteiger partial charge in [0, 0.05) is 6.54 Å². The van der Waals surface area contributed by atoms with E-state index in [4.69, 9.17) is 4.74 Å². The van der Waals surface area contributed by atoms with Gasteiger partial charge >= 0.3 is 0 Å². The molecule has 0 atom stereocenters. The first-order valence-electron chi connectivity index (χ1n) is 6.14. The lowest BCUT2D eigenvalue weighted by Crippen LogP contribution is -2.10. The number of hydrogen-bond acceptors (Lipinski definition) is 2. The average Bonchev–Trinajstić information content (AvgIpc) is 2.38. The van der Waals surface area contributed by atoms with E-state index in [2.05, 4.69) is 43.3 Å². The van der Waals surface area contributed by atoms with E-state index in [1.165, 1.54) is 11.1 Å². The molecule has 2 heteroatoms. The zero-order valence-electron chi connectivity index (χ0n) is 11.0. The largest absolute Gasteiger partial charge is 0.489 e. The molecule has 0 aromatic heterocycles. The van der Waals surface area contributed by atoms with Crippen molar-refractivity contribution in [1.82, 2.24) is 4.90 Å². The highest BCUT2D eigenvalue weighted by Crippen LogP contribution is 2.14. The summed E-state index contributed by atoms with van der Waals surface area (Å²) >= 11 is 0. The third-order valence-electron chi connectivity index (χ3n) is 2.67. The van der Waals surface area contributed by atoms with Crippen molar-refractivity contribution < 1.29 is 4.74 Å². The molecule has 0 bridgehead atoms. The van der Waals surface area contributed by atoms with E-state index in [0.29, 0.717) is 6.61 Å². The summed E-state index contributed by atoms with van der Waals surface area (Å²) in [6.45, 7) is 1.58. The van der Waals surface area contributed by atoms with E-state index in [9.17, 15) is 0 Å². The molecular formula is C16H19NO. The Balaban J connectivity index is 1.90. The van der Waals surface area contributed by atoms with E-state index in [1.54, 1.807) is 0 Å². The normalized spacial score (nSPS) is 10.6. The van der Waals surface area contributed by atoms with Gasteiger partial charge in [-0.1, -0.05) is 42.5 Å². The maximum atomic E-state index is 5.74. The van der Waals surface area contributed by atoms with Gasteiger partial charge in [0.2, 0.25) is 0 Å². The molecular weight excluding hydrogens is 222 g/mol. The van der Waals surface area contributed by atoms with E-state index in [-0.39, 0.29) is 0 Å². The first-order valence-corrected chi connectivity index (χ1v) is 6.14. The highest BCUT2D eigenvalue weighted by molar-refractivity contribution is 5.27. The molecule has 0 saturated heterocycles. The highest BCUT2D eigenvalue weighted by Gasteiger charge is 1.98. The Morgan fingerprint density at radius 2 is 1.50 bits per heavy atom. The van der Waals surface area contributed by atoms with Gasteiger partial charge in [-0.2, -0.15) is 0 Å². The topological polar surface area (TPSA) is 12.5 Å². The number of hydrogen-bond donors (Lipinski definition) is 0. The fraction of sp³-hybridized carbons (Fsp3) is 0.250. The summed E-state index contributed by atoms with van der Waals surface area (Å²) in [4.78, 5) is 2.15. The van der Waals surface area contributed by atoms with Crippen LogP contribution in [-0.2, 0) is 13.2 Å². The third-order valence-corrected chi connectivity index (χ3v) is 2.67. The Morgan fingerprint density at radius 1 is 0.833 bits per heavy atom. The molecule has 2 rings (SSSR count). The van der Waals surface area contributed by atoms with Gasteiger partial charge in [-0.3, -0.25) is 0 Å². The lowest BCUT2D eigenvalue weighted by atomic mass is 10.2. The minimum absolute atomic E-state index is 0.619. The van der Waals surface area contributed by atoms with E-state index in [1.807, 2.05) is 30.3 Å². The molecule has 0 aliphatic rings. The average molecular weight is 241 g/mol. The van der Waals surface area contributed by atoms with Crippen molar-refractivity contribution in [3.63, 3.8) is 0 Å². The molecule has 0 aliphatic heterocycles. The van der Waals surface area contributed by atoms with E-state index >= 15 is 0 Å². The van der Waals surface area contributed by atoms with E-state index in [0.717, 1.165) is 12.3 Å². The van der Waals surface area contributed by atoms with Crippen LogP contribution in [0.2, 0.25) is 0 Å². The van der Waals surface area contributed by atoms with E-state index < -0.39 is 0 Å². The number of rotatable bonds is 5. The van der Waals surface area contributed by atoms with Gasteiger partial charge in [-0.05, 0) is 37.4 Å². The van der Waals surface area contributed by atoms with Gasteiger partial charge in [0.1, 0.15) is 12.4 Å². The molecule has 0 unspecified atom stereocenters. The summed E-state index contributed by atoms with van der Waals surface area (Å²) in [6.07, 6.45) is 0. The summed E-state index contributed by atoms with van der Waals surface area (Å²) < 4.78 is 5.74. The monoisotopic (exact) mass is 241 g/mol. The van der Waals surface area contributed by atoms with Crippen molar-refractivity contribution in [2.24, 2.45) is 0 Å². The Bertz CT molecular complexity index is 462. The van der Waals surface area contributed by atoms with Crippen LogP contribution in [0.4, 0.5) is 0 Å². The zero-order valence-corrected chi connectivity index (χ0v) is 11.0. The lowest BCUT2D eigenvalue weighted by Gasteiger charge is -2.10. The minimum atomic E-state index is 0.619. The first-order chi connectivity index (χ1) is 8.74.